The molecule has 7 heteroatoms. The van der Waals surface area contributed by atoms with Crippen LogP contribution >= 0.6 is 23.1 Å². The second-order valence-electron chi connectivity index (χ2n) is 7.21. The Balaban J connectivity index is 1.46. The highest BCUT2D eigenvalue weighted by Crippen LogP contribution is 2.31. The van der Waals surface area contributed by atoms with Crippen LogP contribution < -0.4 is 10.6 Å². The monoisotopic (exact) mass is 416 g/mol. The lowest BCUT2D eigenvalue weighted by atomic mass is 9.97. The van der Waals surface area contributed by atoms with Gasteiger partial charge in [0.25, 0.3) is 0 Å². The summed E-state index contributed by atoms with van der Waals surface area (Å²) in [5.41, 5.74) is 4.98. The molecule has 1 aliphatic carbocycles. The summed E-state index contributed by atoms with van der Waals surface area (Å²) < 4.78 is 0.795. The number of nitrogens with zero attached hydrogens (tertiary/aromatic N) is 2. The molecule has 0 bridgehead atoms. The number of rotatable bonds is 8. The van der Waals surface area contributed by atoms with E-state index in [-0.39, 0.29) is 11.2 Å². The van der Waals surface area contributed by atoms with Crippen molar-refractivity contribution < 1.29 is 4.79 Å². The Bertz CT molecular complexity index is 847. The van der Waals surface area contributed by atoms with Gasteiger partial charge < -0.3 is 10.6 Å². The van der Waals surface area contributed by atoms with Gasteiger partial charge in [0, 0.05) is 12.2 Å². The second kappa shape index (κ2) is 10.1. The summed E-state index contributed by atoms with van der Waals surface area (Å²) >= 11 is 2.92. The zero-order valence-corrected chi connectivity index (χ0v) is 18.4. The Morgan fingerprint density at radius 1 is 1.25 bits per heavy atom. The highest BCUT2D eigenvalue weighted by atomic mass is 32.2. The summed E-state index contributed by atoms with van der Waals surface area (Å²) in [4.78, 5) is 12.3. The molecule has 1 aromatic heterocycles. The molecule has 3 rings (SSSR count). The van der Waals surface area contributed by atoms with E-state index in [1.807, 2.05) is 13.0 Å². The van der Waals surface area contributed by atoms with Crippen molar-refractivity contribution in [1.82, 2.24) is 15.5 Å². The van der Waals surface area contributed by atoms with Crippen LogP contribution in [0.4, 0.5) is 10.8 Å². The minimum Gasteiger partial charge on any atom is -0.355 e. The van der Waals surface area contributed by atoms with Gasteiger partial charge in [-0.25, -0.2) is 0 Å². The summed E-state index contributed by atoms with van der Waals surface area (Å²) in [6, 6.07) is 6.22. The molecule has 0 spiro atoms. The largest absolute Gasteiger partial charge is 0.355 e. The molecule has 1 unspecified atom stereocenters. The average Bonchev–Trinajstić information content (AvgIpc) is 3.12. The zero-order valence-electron chi connectivity index (χ0n) is 16.7. The molecule has 5 nitrogen and oxygen atoms in total. The quantitative estimate of drug-likeness (QED) is 0.446. The second-order valence-corrected chi connectivity index (χ2v) is 9.77. The molecule has 1 atom stereocenters. The van der Waals surface area contributed by atoms with Gasteiger partial charge in [0.2, 0.25) is 11.0 Å². The average molecular weight is 417 g/mol. The number of aromatic nitrogens is 2. The number of anilines is 2. The van der Waals surface area contributed by atoms with Crippen LogP contribution in [-0.2, 0) is 4.79 Å². The summed E-state index contributed by atoms with van der Waals surface area (Å²) in [7, 11) is 0. The van der Waals surface area contributed by atoms with E-state index in [0.29, 0.717) is 6.54 Å². The third kappa shape index (κ3) is 6.07. The fraction of sp³-hybridized carbons (Fsp3) is 0.476. The summed E-state index contributed by atoms with van der Waals surface area (Å²) in [5.74, 6) is 0.0558. The van der Waals surface area contributed by atoms with Gasteiger partial charge in [0.05, 0.1) is 5.25 Å². The number of allylic oxidation sites excluding steroid dienone is 1. The van der Waals surface area contributed by atoms with Crippen molar-refractivity contribution in [2.75, 3.05) is 11.9 Å². The molecule has 1 amide bonds. The van der Waals surface area contributed by atoms with Crippen molar-refractivity contribution in [3.8, 4) is 0 Å². The molecule has 0 fully saturated rings. The Labute approximate surface area is 175 Å². The molecule has 2 aromatic rings. The Kier molecular flexibility index (Phi) is 7.50. The van der Waals surface area contributed by atoms with Gasteiger partial charge in [-0.1, -0.05) is 40.8 Å². The summed E-state index contributed by atoms with van der Waals surface area (Å²) in [6.07, 6.45) is 8.24. The van der Waals surface area contributed by atoms with Gasteiger partial charge in [0.15, 0.2) is 4.34 Å². The third-order valence-corrected chi connectivity index (χ3v) is 6.96. The molecule has 0 saturated heterocycles. The Hall–Kier alpha value is -1.86. The molecule has 1 aliphatic rings. The number of hydrogen-bond donors (Lipinski definition) is 2. The van der Waals surface area contributed by atoms with Gasteiger partial charge in [-0.15, -0.1) is 10.2 Å². The topological polar surface area (TPSA) is 66.9 Å². The van der Waals surface area contributed by atoms with Crippen LogP contribution in [0.5, 0.6) is 0 Å². The first-order chi connectivity index (χ1) is 13.5. The van der Waals surface area contributed by atoms with Crippen LogP contribution in [0.1, 0.15) is 50.2 Å². The van der Waals surface area contributed by atoms with Gasteiger partial charge in [-0.05, 0) is 76.1 Å². The van der Waals surface area contributed by atoms with Crippen LogP contribution in [0.3, 0.4) is 0 Å². The van der Waals surface area contributed by atoms with E-state index in [2.05, 4.69) is 52.9 Å². The van der Waals surface area contributed by atoms with E-state index < -0.39 is 0 Å². The molecule has 28 heavy (non-hydrogen) atoms. The van der Waals surface area contributed by atoms with Crippen LogP contribution in [0.25, 0.3) is 0 Å². The van der Waals surface area contributed by atoms with E-state index >= 15 is 0 Å². The first-order valence-corrected chi connectivity index (χ1v) is 11.5. The minimum absolute atomic E-state index is 0.0558. The standard InChI is InChI=1S/C21H28N4OS2/c1-14-9-10-18(13-15(14)2)23-20-24-25-21(28-20)27-16(3)19(26)22-12-11-17-7-5-4-6-8-17/h7,9-10,13,16H,4-6,8,11-12H2,1-3H3,(H,22,26)(H,23,24). The number of amides is 1. The first-order valence-electron chi connectivity index (χ1n) is 9.81. The molecule has 2 N–H and O–H groups in total. The SMILES string of the molecule is Cc1ccc(Nc2nnc(SC(C)C(=O)NCCC3=CCCCC3)s2)cc1C. The van der Waals surface area contributed by atoms with E-state index in [9.17, 15) is 4.79 Å². The van der Waals surface area contributed by atoms with Crippen LogP contribution in [0.2, 0.25) is 0 Å². The third-order valence-electron chi connectivity index (χ3n) is 4.94. The Morgan fingerprint density at radius 3 is 2.86 bits per heavy atom. The van der Waals surface area contributed by atoms with Crippen molar-refractivity contribution in [3.05, 3.63) is 41.0 Å². The normalized spacial score (nSPS) is 15.0. The fourth-order valence-corrected chi connectivity index (χ4v) is 5.02. The van der Waals surface area contributed by atoms with Crippen molar-refractivity contribution >= 4 is 39.8 Å². The summed E-state index contributed by atoms with van der Waals surface area (Å²) in [6.45, 7) is 6.81. The van der Waals surface area contributed by atoms with Crippen molar-refractivity contribution in [1.29, 1.82) is 0 Å². The minimum atomic E-state index is -0.192. The van der Waals surface area contributed by atoms with Crippen molar-refractivity contribution in [2.45, 2.75) is 62.5 Å². The fourth-order valence-electron chi connectivity index (χ4n) is 3.08. The van der Waals surface area contributed by atoms with Gasteiger partial charge in [0.1, 0.15) is 0 Å². The molecule has 0 radical (unpaired) electrons. The highest BCUT2D eigenvalue weighted by molar-refractivity contribution is 8.02. The van der Waals surface area contributed by atoms with Gasteiger partial charge >= 0.3 is 0 Å². The lowest BCUT2D eigenvalue weighted by Gasteiger charge is -2.14. The number of hydrogen-bond acceptors (Lipinski definition) is 6. The molecule has 1 aromatic carbocycles. The highest BCUT2D eigenvalue weighted by Gasteiger charge is 2.17. The maximum Gasteiger partial charge on any atom is 0.233 e. The number of carbonyl (C=O) groups is 1. The lowest BCUT2D eigenvalue weighted by molar-refractivity contribution is -0.120. The maximum atomic E-state index is 12.3. The van der Waals surface area contributed by atoms with Crippen LogP contribution in [-0.4, -0.2) is 27.9 Å². The van der Waals surface area contributed by atoms with Crippen molar-refractivity contribution in [3.63, 3.8) is 0 Å². The Morgan fingerprint density at radius 2 is 2.11 bits per heavy atom. The number of thioether (sulfide) groups is 1. The van der Waals surface area contributed by atoms with E-state index in [0.717, 1.165) is 21.6 Å². The zero-order chi connectivity index (χ0) is 19.9. The number of nitrogens with one attached hydrogen (secondary N) is 2. The molecular formula is C21H28N4OS2. The predicted octanol–water partition coefficient (Wildman–Crippen LogP) is 5.39. The smallest absolute Gasteiger partial charge is 0.233 e. The van der Waals surface area contributed by atoms with Gasteiger partial charge in [-0.3, -0.25) is 4.79 Å². The van der Waals surface area contributed by atoms with Crippen molar-refractivity contribution in [2.24, 2.45) is 0 Å². The van der Waals surface area contributed by atoms with E-state index in [1.165, 1.54) is 65.5 Å². The maximum absolute atomic E-state index is 12.3. The molecule has 1 heterocycles. The van der Waals surface area contributed by atoms with Crippen LogP contribution in [0.15, 0.2) is 34.2 Å². The van der Waals surface area contributed by atoms with Crippen LogP contribution in [0, 0.1) is 13.8 Å². The molecular weight excluding hydrogens is 388 g/mol. The summed E-state index contributed by atoms with van der Waals surface area (Å²) in [5, 5.41) is 15.3. The molecule has 0 aliphatic heterocycles. The molecule has 150 valence electrons. The molecule has 0 saturated carbocycles. The van der Waals surface area contributed by atoms with E-state index in [4.69, 9.17) is 0 Å². The first kappa shape index (κ1) is 20.9. The van der Waals surface area contributed by atoms with E-state index in [1.54, 1.807) is 0 Å². The number of carbonyl (C=O) groups excluding carboxylic acids is 1. The lowest BCUT2D eigenvalue weighted by Crippen LogP contribution is -2.31. The number of benzene rings is 1. The number of aryl methyl sites for hydroxylation is 2. The van der Waals surface area contributed by atoms with Gasteiger partial charge in [-0.2, -0.15) is 0 Å². The predicted molar refractivity (Wildman–Crippen MR) is 119 cm³/mol.